The number of hydrogen-bond donors (Lipinski definition) is 1. The van der Waals surface area contributed by atoms with Crippen molar-refractivity contribution < 1.29 is 9.53 Å². The largest absolute Gasteiger partial charge is 0.497 e. The van der Waals surface area contributed by atoms with Crippen LogP contribution < -0.4 is 10.1 Å². The smallest absolute Gasteiger partial charge is 0.252 e. The molecule has 1 aromatic heterocycles. The monoisotopic (exact) mass is 348 g/mol. The second-order valence-electron chi connectivity index (χ2n) is 5.69. The fourth-order valence-corrected chi connectivity index (χ4v) is 2.59. The molecule has 26 heavy (non-hydrogen) atoms. The van der Waals surface area contributed by atoms with E-state index in [4.69, 9.17) is 4.74 Å². The van der Waals surface area contributed by atoms with E-state index in [1.165, 1.54) is 5.56 Å². The van der Waals surface area contributed by atoms with E-state index in [2.05, 4.69) is 22.4 Å². The number of carbonyl (C=O) groups excluding carboxylic acids is 1. The standard InChI is InChI=1S/C21H20N2O2.CH4/c1-25-20-9-5-8-17(13-20)18-12-19(15-22-14-18)21(24)23-11-10-16-6-3-2-4-7-16;/h2-9,12-15H,10-11H2,1H3,(H,23,24);1H4. The van der Waals surface area contributed by atoms with E-state index < -0.39 is 0 Å². The molecule has 0 atom stereocenters. The van der Waals surface area contributed by atoms with Crippen molar-refractivity contribution in [2.75, 3.05) is 13.7 Å². The summed E-state index contributed by atoms with van der Waals surface area (Å²) >= 11 is 0. The van der Waals surface area contributed by atoms with E-state index >= 15 is 0 Å². The first kappa shape index (κ1) is 19.2. The zero-order valence-corrected chi connectivity index (χ0v) is 14.1. The van der Waals surface area contributed by atoms with Crippen LogP contribution in [-0.4, -0.2) is 24.5 Å². The molecular formula is C22H24N2O2. The van der Waals surface area contributed by atoms with E-state index in [0.717, 1.165) is 23.3 Å². The van der Waals surface area contributed by atoms with Crippen LogP contribution in [0, 0.1) is 0 Å². The predicted molar refractivity (Wildman–Crippen MR) is 105 cm³/mol. The molecule has 4 heteroatoms. The molecule has 134 valence electrons. The summed E-state index contributed by atoms with van der Waals surface area (Å²) in [6.07, 6.45) is 4.13. The summed E-state index contributed by atoms with van der Waals surface area (Å²) in [5, 5.41) is 2.95. The molecule has 0 saturated carbocycles. The maximum Gasteiger partial charge on any atom is 0.252 e. The Morgan fingerprint density at radius 3 is 2.58 bits per heavy atom. The van der Waals surface area contributed by atoms with Gasteiger partial charge in [-0.15, -0.1) is 0 Å². The molecule has 0 unspecified atom stereocenters. The maximum absolute atomic E-state index is 12.4. The lowest BCUT2D eigenvalue weighted by Gasteiger charge is -2.08. The Kier molecular flexibility index (Phi) is 6.92. The van der Waals surface area contributed by atoms with Crippen LogP contribution >= 0.6 is 0 Å². The second kappa shape index (κ2) is 9.37. The Morgan fingerprint density at radius 2 is 1.81 bits per heavy atom. The lowest BCUT2D eigenvalue weighted by Crippen LogP contribution is -2.25. The summed E-state index contributed by atoms with van der Waals surface area (Å²) < 4.78 is 5.25. The summed E-state index contributed by atoms with van der Waals surface area (Å²) in [4.78, 5) is 16.6. The molecule has 1 heterocycles. The molecule has 0 aliphatic heterocycles. The third kappa shape index (κ3) is 4.93. The van der Waals surface area contributed by atoms with Crippen molar-refractivity contribution in [2.24, 2.45) is 0 Å². The number of ether oxygens (including phenoxy) is 1. The minimum Gasteiger partial charge on any atom is -0.497 e. The van der Waals surface area contributed by atoms with Crippen LogP contribution in [0.15, 0.2) is 73.1 Å². The molecule has 1 amide bonds. The molecule has 3 aromatic rings. The van der Waals surface area contributed by atoms with Crippen molar-refractivity contribution in [1.82, 2.24) is 10.3 Å². The molecule has 0 fully saturated rings. The molecule has 0 radical (unpaired) electrons. The first-order valence-corrected chi connectivity index (χ1v) is 8.18. The number of hydrogen-bond acceptors (Lipinski definition) is 3. The van der Waals surface area contributed by atoms with Gasteiger partial charge in [0.1, 0.15) is 5.75 Å². The summed E-state index contributed by atoms with van der Waals surface area (Å²) in [7, 11) is 1.63. The number of amides is 1. The number of rotatable bonds is 6. The molecule has 1 N–H and O–H groups in total. The summed E-state index contributed by atoms with van der Waals surface area (Å²) in [6, 6.07) is 19.6. The first-order chi connectivity index (χ1) is 12.3. The molecule has 0 saturated heterocycles. The average molecular weight is 348 g/mol. The minimum atomic E-state index is -0.117. The van der Waals surface area contributed by atoms with Crippen LogP contribution in [0.3, 0.4) is 0 Å². The number of methoxy groups -OCH3 is 1. The lowest BCUT2D eigenvalue weighted by atomic mass is 10.1. The average Bonchev–Trinajstić information content (AvgIpc) is 2.69. The number of pyridine rings is 1. The van der Waals surface area contributed by atoms with Crippen molar-refractivity contribution in [3.05, 3.63) is 84.2 Å². The third-order valence-corrected chi connectivity index (χ3v) is 3.95. The Balaban J connectivity index is 0.00000243. The van der Waals surface area contributed by atoms with Gasteiger partial charge in [0.05, 0.1) is 12.7 Å². The first-order valence-electron chi connectivity index (χ1n) is 8.18. The molecule has 4 nitrogen and oxygen atoms in total. The van der Waals surface area contributed by atoms with Crippen LogP contribution in [0.1, 0.15) is 23.3 Å². The van der Waals surface area contributed by atoms with Gasteiger partial charge in [-0.05, 0) is 35.7 Å². The number of benzene rings is 2. The highest BCUT2D eigenvalue weighted by Gasteiger charge is 2.08. The van der Waals surface area contributed by atoms with Crippen LogP contribution in [-0.2, 0) is 6.42 Å². The number of nitrogens with one attached hydrogen (secondary N) is 1. The van der Waals surface area contributed by atoms with Crippen molar-refractivity contribution in [3.8, 4) is 16.9 Å². The van der Waals surface area contributed by atoms with E-state index in [1.807, 2.05) is 48.5 Å². The van der Waals surface area contributed by atoms with E-state index in [1.54, 1.807) is 19.5 Å². The lowest BCUT2D eigenvalue weighted by molar-refractivity contribution is 0.0954. The van der Waals surface area contributed by atoms with Crippen LogP contribution in [0.25, 0.3) is 11.1 Å². The normalized spacial score (nSPS) is 9.88. The Hall–Kier alpha value is -3.14. The molecule has 0 spiro atoms. The Bertz CT molecular complexity index is 848. The molecule has 3 rings (SSSR count). The minimum absolute atomic E-state index is 0. The van der Waals surface area contributed by atoms with Crippen molar-refractivity contribution in [1.29, 1.82) is 0 Å². The zero-order chi connectivity index (χ0) is 17.5. The molecular weight excluding hydrogens is 324 g/mol. The highest BCUT2D eigenvalue weighted by atomic mass is 16.5. The third-order valence-electron chi connectivity index (χ3n) is 3.95. The van der Waals surface area contributed by atoms with Crippen LogP contribution in [0.2, 0.25) is 0 Å². The Labute approximate surface area is 154 Å². The highest BCUT2D eigenvalue weighted by Crippen LogP contribution is 2.23. The van der Waals surface area contributed by atoms with Crippen LogP contribution in [0.4, 0.5) is 0 Å². The second-order valence-corrected chi connectivity index (χ2v) is 5.69. The van der Waals surface area contributed by atoms with Gasteiger partial charge in [0.2, 0.25) is 0 Å². The van der Waals surface area contributed by atoms with Gasteiger partial charge in [0.15, 0.2) is 0 Å². The topological polar surface area (TPSA) is 51.2 Å². The van der Waals surface area contributed by atoms with Gasteiger partial charge in [-0.2, -0.15) is 0 Å². The van der Waals surface area contributed by atoms with Gasteiger partial charge >= 0.3 is 0 Å². The van der Waals surface area contributed by atoms with E-state index in [-0.39, 0.29) is 13.3 Å². The highest BCUT2D eigenvalue weighted by molar-refractivity contribution is 5.95. The zero-order valence-electron chi connectivity index (χ0n) is 14.1. The van der Waals surface area contributed by atoms with Crippen molar-refractivity contribution in [3.63, 3.8) is 0 Å². The summed E-state index contributed by atoms with van der Waals surface area (Å²) in [5.74, 6) is 0.656. The van der Waals surface area contributed by atoms with Crippen LogP contribution in [0.5, 0.6) is 5.75 Å². The van der Waals surface area contributed by atoms with E-state index in [9.17, 15) is 4.79 Å². The number of nitrogens with zero attached hydrogens (tertiary/aromatic N) is 1. The summed E-state index contributed by atoms with van der Waals surface area (Å²) in [5.41, 5.74) is 3.60. The van der Waals surface area contributed by atoms with Gasteiger partial charge < -0.3 is 10.1 Å². The Morgan fingerprint density at radius 1 is 1.00 bits per heavy atom. The SMILES string of the molecule is C.COc1cccc(-c2cncc(C(=O)NCCc3ccccc3)c2)c1. The van der Waals surface area contributed by atoms with Crippen molar-refractivity contribution in [2.45, 2.75) is 13.8 Å². The predicted octanol–water partition coefficient (Wildman–Crippen LogP) is 4.37. The summed E-state index contributed by atoms with van der Waals surface area (Å²) in [6.45, 7) is 0.590. The molecule has 2 aromatic carbocycles. The van der Waals surface area contributed by atoms with E-state index in [0.29, 0.717) is 12.1 Å². The van der Waals surface area contributed by atoms with Gasteiger partial charge in [-0.1, -0.05) is 49.9 Å². The fraction of sp³-hybridized carbons (Fsp3) is 0.182. The van der Waals surface area contributed by atoms with Gasteiger partial charge in [0.25, 0.3) is 5.91 Å². The maximum atomic E-state index is 12.4. The quantitative estimate of drug-likeness (QED) is 0.720. The molecule has 0 bridgehead atoms. The van der Waals surface area contributed by atoms with Gasteiger partial charge in [-0.25, -0.2) is 0 Å². The number of aromatic nitrogens is 1. The van der Waals surface area contributed by atoms with Crippen molar-refractivity contribution >= 4 is 5.91 Å². The van der Waals surface area contributed by atoms with Gasteiger partial charge in [-0.3, -0.25) is 9.78 Å². The number of carbonyl (C=O) groups is 1. The molecule has 0 aliphatic rings. The fourth-order valence-electron chi connectivity index (χ4n) is 2.59. The van der Waals surface area contributed by atoms with Gasteiger partial charge in [0, 0.05) is 24.5 Å². The molecule has 0 aliphatic carbocycles.